The van der Waals surface area contributed by atoms with Crippen LogP contribution in [0.25, 0.3) is 0 Å². The molecule has 0 unspecified atom stereocenters. The molecule has 2 aromatic rings. The Hall–Kier alpha value is -2.30. The van der Waals surface area contributed by atoms with Crippen LogP contribution < -0.4 is 10.2 Å². The number of benzene rings is 1. The predicted octanol–water partition coefficient (Wildman–Crippen LogP) is 3.64. The largest absolute Gasteiger partial charge is 0.370 e. The first-order valence-electron chi connectivity index (χ1n) is 8.81. The minimum absolute atomic E-state index is 0.0199. The first-order chi connectivity index (χ1) is 11.6. The number of hydrogen-bond acceptors (Lipinski definition) is 3. The van der Waals surface area contributed by atoms with Gasteiger partial charge < -0.3 is 10.2 Å². The molecule has 0 atom stereocenters. The van der Waals surface area contributed by atoms with Crippen molar-refractivity contribution in [2.75, 3.05) is 23.3 Å². The van der Waals surface area contributed by atoms with Gasteiger partial charge in [0.05, 0.1) is 23.5 Å². The molecule has 3 rings (SSSR count). The van der Waals surface area contributed by atoms with Crippen LogP contribution in [0.2, 0.25) is 0 Å². The van der Waals surface area contributed by atoms with Gasteiger partial charge in [0.1, 0.15) is 0 Å². The summed E-state index contributed by atoms with van der Waals surface area (Å²) in [7, 11) is 0. The lowest BCUT2D eigenvalue weighted by molar-refractivity contribution is -0.115. The summed E-state index contributed by atoms with van der Waals surface area (Å²) in [5.41, 5.74) is 2.82. The van der Waals surface area contributed by atoms with Crippen LogP contribution in [0.15, 0.2) is 36.5 Å². The van der Waals surface area contributed by atoms with E-state index in [0.717, 1.165) is 30.2 Å². The fraction of sp³-hybridized carbons (Fsp3) is 0.474. The Bertz CT molecular complexity index is 686. The fourth-order valence-corrected chi connectivity index (χ4v) is 3.11. The van der Waals surface area contributed by atoms with Gasteiger partial charge in [0.2, 0.25) is 5.91 Å². The van der Waals surface area contributed by atoms with Gasteiger partial charge in [-0.05, 0) is 51.3 Å². The lowest BCUT2D eigenvalue weighted by Gasteiger charge is -2.30. The maximum absolute atomic E-state index is 12.4. The normalized spacial score (nSPS) is 14.9. The summed E-state index contributed by atoms with van der Waals surface area (Å²) in [4.78, 5) is 14.8. The number of piperidine rings is 1. The highest BCUT2D eigenvalue weighted by Crippen LogP contribution is 2.28. The van der Waals surface area contributed by atoms with E-state index in [9.17, 15) is 4.79 Å². The summed E-state index contributed by atoms with van der Waals surface area (Å²) in [5, 5.41) is 7.51. The second kappa shape index (κ2) is 7.51. The van der Waals surface area contributed by atoms with Crippen LogP contribution in [0.4, 0.5) is 11.4 Å². The van der Waals surface area contributed by atoms with Crippen molar-refractivity contribution >= 4 is 17.3 Å². The quantitative estimate of drug-likeness (QED) is 0.913. The van der Waals surface area contributed by atoms with Gasteiger partial charge in [-0.1, -0.05) is 12.1 Å². The molecule has 128 valence electrons. The van der Waals surface area contributed by atoms with Crippen LogP contribution in [0.5, 0.6) is 0 Å². The highest BCUT2D eigenvalue weighted by atomic mass is 16.1. The number of carbonyl (C=O) groups excluding carboxylic acids is 1. The second-order valence-corrected chi connectivity index (χ2v) is 6.67. The number of nitrogens with one attached hydrogen (secondary N) is 1. The van der Waals surface area contributed by atoms with E-state index in [1.54, 1.807) is 0 Å². The molecular weight excluding hydrogens is 300 g/mol. The van der Waals surface area contributed by atoms with Crippen molar-refractivity contribution in [2.45, 2.75) is 45.6 Å². The smallest absolute Gasteiger partial charge is 0.230 e. The molecule has 1 aromatic carbocycles. The number of carbonyl (C=O) groups is 1. The van der Waals surface area contributed by atoms with Crippen molar-refractivity contribution in [3.8, 4) is 0 Å². The topological polar surface area (TPSA) is 50.2 Å². The monoisotopic (exact) mass is 326 g/mol. The van der Waals surface area contributed by atoms with E-state index < -0.39 is 0 Å². The molecule has 1 aliphatic heterocycles. The fourth-order valence-electron chi connectivity index (χ4n) is 3.11. The van der Waals surface area contributed by atoms with Crippen molar-refractivity contribution < 1.29 is 4.79 Å². The standard InChI is InChI=1S/C19H26N4O/c1-15(2)23-13-10-16(21-23)14-19(24)20-17-8-4-5-9-18(17)22-11-6-3-7-12-22/h4-5,8-10,13,15H,3,6-7,11-12,14H2,1-2H3,(H,20,24). The molecule has 5 heteroatoms. The zero-order chi connectivity index (χ0) is 16.9. The average Bonchev–Trinajstić information content (AvgIpc) is 3.05. The number of rotatable bonds is 5. The number of aromatic nitrogens is 2. The van der Waals surface area contributed by atoms with Crippen molar-refractivity contribution in [1.29, 1.82) is 0 Å². The third-order valence-electron chi connectivity index (χ3n) is 4.41. The third kappa shape index (κ3) is 3.96. The number of anilines is 2. The number of hydrogen-bond donors (Lipinski definition) is 1. The van der Waals surface area contributed by atoms with Gasteiger partial charge in [0, 0.05) is 25.3 Å². The van der Waals surface area contributed by atoms with Gasteiger partial charge in [-0.3, -0.25) is 9.48 Å². The summed E-state index contributed by atoms with van der Waals surface area (Å²) in [6, 6.07) is 10.3. The maximum atomic E-state index is 12.4. The molecule has 0 bridgehead atoms. The molecule has 1 saturated heterocycles. The first kappa shape index (κ1) is 16.6. The molecular formula is C19H26N4O. The minimum atomic E-state index is -0.0199. The lowest BCUT2D eigenvalue weighted by atomic mass is 10.1. The van der Waals surface area contributed by atoms with E-state index >= 15 is 0 Å². The molecule has 0 spiro atoms. The van der Waals surface area contributed by atoms with Gasteiger partial charge in [-0.25, -0.2) is 0 Å². The molecule has 2 heterocycles. The van der Waals surface area contributed by atoms with Crippen molar-refractivity contribution in [3.05, 3.63) is 42.2 Å². The molecule has 1 aliphatic rings. The van der Waals surface area contributed by atoms with Crippen molar-refractivity contribution in [3.63, 3.8) is 0 Å². The maximum Gasteiger partial charge on any atom is 0.230 e. The van der Waals surface area contributed by atoms with Crippen LogP contribution in [0.1, 0.15) is 44.8 Å². The average molecular weight is 326 g/mol. The van der Waals surface area contributed by atoms with Gasteiger partial charge in [-0.15, -0.1) is 0 Å². The Balaban J connectivity index is 1.67. The number of amides is 1. The molecule has 0 saturated carbocycles. The Kier molecular flexibility index (Phi) is 5.18. The zero-order valence-electron chi connectivity index (χ0n) is 14.5. The summed E-state index contributed by atoms with van der Waals surface area (Å²) in [5.74, 6) is -0.0199. The lowest BCUT2D eigenvalue weighted by Crippen LogP contribution is -2.30. The highest BCUT2D eigenvalue weighted by Gasteiger charge is 2.16. The Labute approximate surface area is 143 Å². The van der Waals surface area contributed by atoms with E-state index in [2.05, 4.69) is 35.2 Å². The van der Waals surface area contributed by atoms with E-state index in [1.807, 2.05) is 35.1 Å². The molecule has 0 radical (unpaired) electrons. The van der Waals surface area contributed by atoms with Gasteiger partial charge in [0.25, 0.3) is 0 Å². The number of nitrogens with zero attached hydrogens (tertiary/aromatic N) is 3. The summed E-state index contributed by atoms with van der Waals surface area (Å²) >= 11 is 0. The Morgan fingerprint density at radius 1 is 1.17 bits per heavy atom. The molecule has 1 amide bonds. The van der Waals surface area contributed by atoms with Gasteiger partial charge in [-0.2, -0.15) is 5.10 Å². The molecule has 1 aromatic heterocycles. The molecule has 5 nitrogen and oxygen atoms in total. The van der Waals surface area contributed by atoms with Crippen LogP contribution in [0, 0.1) is 0 Å². The second-order valence-electron chi connectivity index (χ2n) is 6.67. The van der Waals surface area contributed by atoms with Gasteiger partial charge in [0.15, 0.2) is 0 Å². The van der Waals surface area contributed by atoms with Gasteiger partial charge >= 0.3 is 0 Å². The summed E-state index contributed by atoms with van der Waals surface area (Å²) < 4.78 is 1.88. The highest BCUT2D eigenvalue weighted by molar-refractivity contribution is 5.95. The van der Waals surface area contributed by atoms with Crippen LogP contribution in [-0.2, 0) is 11.2 Å². The third-order valence-corrected chi connectivity index (χ3v) is 4.41. The van der Waals surface area contributed by atoms with E-state index in [4.69, 9.17) is 0 Å². The van der Waals surface area contributed by atoms with Crippen molar-refractivity contribution in [1.82, 2.24) is 9.78 Å². The predicted molar refractivity (Wildman–Crippen MR) is 97.5 cm³/mol. The first-order valence-corrected chi connectivity index (χ1v) is 8.81. The van der Waals surface area contributed by atoms with Crippen LogP contribution in [-0.4, -0.2) is 28.8 Å². The summed E-state index contributed by atoms with van der Waals surface area (Å²) in [6.07, 6.45) is 5.95. The Morgan fingerprint density at radius 2 is 1.92 bits per heavy atom. The van der Waals surface area contributed by atoms with Crippen LogP contribution in [0.3, 0.4) is 0 Å². The Morgan fingerprint density at radius 3 is 2.62 bits per heavy atom. The van der Waals surface area contributed by atoms with Crippen molar-refractivity contribution in [2.24, 2.45) is 0 Å². The van der Waals surface area contributed by atoms with Crippen LogP contribution >= 0.6 is 0 Å². The van der Waals surface area contributed by atoms with E-state index in [1.165, 1.54) is 19.3 Å². The summed E-state index contributed by atoms with van der Waals surface area (Å²) in [6.45, 7) is 6.27. The van der Waals surface area contributed by atoms with E-state index in [-0.39, 0.29) is 5.91 Å². The zero-order valence-corrected chi connectivity index (χ0v) is 14.5. The SMILES string of the molecule is CC(C)n1ccc(CC(=O)Nc2ccccc2N2CCCCC2)n1. The minimum Gasteiger partial charge on any atom is -0.370 e. The molecule has 24 heavy (non-hydrogen) atoms. The molecule has 1 N–H and O–H groups in total. The van der Waals surface area contributed by atoms with E-state index in [0.29, 0.717) is 12.5 Å². The molecule has 0 aliphatic carbocycles. The molecule has 1 fully saturated rings. The number of para-hydroxylation sites is 2.